The van der Waals surface area contributed by atoms with Gasteiger partial charge in [-0.2, -0.15) is 0 Å². The van der Waals surface area contributed by atoms with E-state index in [2.05, 4.69) is 19.4 Å². The van der Waals surface area contributed by atoms with Gasteiger partial charge in [-0.05, 0) is 18.2 Å². The minimum atomic E-state index is -3.50. The highest BCUT2D eigenvalue weighted by Crippen LogP contribution is 2.17. The molecule has 1 rings (SSSR count). The fourth-order valence-corrected chi connectivity index (χ4v) is 2.94. The van der Waals surface area contributed by atoms with Crippen molar-refractivity contribution in [1.29, 1.82) is 0 Å². The molecule has 8 heteroatoms. The van der Waals surface area contributed by atoms with Crippen molar-refractivity contribution in [2.75, 3.05) is 53.1 Å². The molecule has 130 valence electrons. The zero-order valence-electron chi connectivity index (χ0n) is 14.3. The van der Waals surface area contributed by atoms with Crippen LogP contribution in [0.4, 0.5) is 5.69 Å². The highest BCUT2D eigenvalue weighted by Gasteiger charge is 2.17. The van der Waals surface area contributed by atoms with Crippen molar-refractivity contribution < 1.29 is 23.4 Å². The van der Waals surface area contributed by atoms with Crippen LogP contribution in [-0.2, 0) is 14.8 Å². The van der Waals surface area contributed by atoms with Crippen LogP contribution < -0.4 is 15.5 Å². The van der Waals surface area contributed by atoms with Crippen LogP contribution in [0.15, 0.2) is 29.2 Å². The lowest BCUT2D eigenvalue weighted by Gasteiger charge is -2.12. The molecular weight excluding hydrogens is 316 g/mol. The third-order valence-electron chi connectivity index (χ3n) is 3.31. The summed E-state index contributed by atoms with van der Waals surface area (Å²) < 4.78 is 25.3. The van der Waals surface area contributed by atoms with Crippen molar-refractivity contribution in [3.8, 4) is 0 Å². The molecule has 4 N–H and O–H groups in total. The molecule has 0 aliphatic heterocycles. The average Bonchev–Trinajstić information content (AvgIpc) is 2.46. The molecule has 0 bridgehead atoms. The Hall–Kier alpha value is -1.48. The number of nitrogens with one attached hydrogen (secondary N) is 2. The minimum Gasteiger partial charge on any atom is -0.340 e. The molecule has 23 heavy (non-hydrogen) atoms. The maximum atomic E-state index is 12.1. The molecule has 0 spiro atoms. The van der Waals surface area contributed by atoms with E-state index in [0.717, 1.165) is 23.8 Å². The van der Waals surface area contributed by atoms with Gasteiger partial charge in [0.25, 0.3) is 5.91 Å². The Kier molecular flexibility index (Phi) is 7.63. The van der Waals surface area contributed by atoms with Gasteiger partial charge in [-0.1, -0.05) is 6.07 Å². The molecule has 0 unspecified atom stereocenters. The first kappa shape index (κ1) is 19.6. The fraction of sp³-hybridized carbons (Fsp3) is 0.533. The van der Waals surface area contributed by atoms with Gasteiger partial charge in [0.1, 0.15) is 0 Å². The fourth-order valence-electron chi connectivity index (χ4n) is 1.99. The van der Waals surface area contributed by atoms with Crippen LogP contribution >= 0.6 is 0 Å². The van der Waals surface area contributed by atoms with Crippen molar-refractivity contribution in [3.63, 3.8) is 0 Å². The summed E-state index contributed by atoms with van der Waals surface area (Å²) in [6.07, 6.45) is 1.05. The van der Waals surface area contributed by atoms with E-state index in [4.69, 9.17) is 0 Å². The van der Waals surface area contributed by atoms with E-state index in [-0.39, 0.29) is 10.8 Å². The lowest BCUT2D eigenvalue weighted by atomic mass is 10.3. The molecule has 0 aliphatic rings. The van der Waals surface area contributed by atoms with Crippen LogP contribution in [0.25, 0.3) is 0 Å². The number of anilines is 1. The molecule has 1 amide bonds. The van der Waals surface area contributed by atoms with Crippen LogP contribution in [0, 0.1) is 0 Å². The van der Waals surface area contributed by atoms with Crippen LogP contribution in [-0.4, -0.2) is 66.5 Å². The second kappa shape index (κ2) is 8.97. The van der Waals surface area contributed by atoms with Gasteiger partial charge in [-0.3, -0.25) is 4.79 Å². The first-order valence-electron chi connectivity index (χ1n) is 7.66. The molecule has 0 saturated heterocycles. The van der Waals surface area contributed by atoms with Gasteiger partial charge in [0.05, 0.1) is 32.1 Å². The molecule has 0 fully saturated rings. The number of rotatable bonds is 9. The number of hydrogen-bond donors (Lipinski definition) is 3. The number of nitrogens with zero attached hydrogens (tertiary/aromatic N) is 1. The Morgan fingerprint density at radius 1 is 1.30 bits per heavy atom. The summed E-state index contributed by atoms with van der Waals surface area (Å²) in [6.45, 7) is 2.30. The van der Waals surface area contributed by atoms with Crippen molar-refractivity contribution in [1.82, 2.24) is 4.31 Å². The van der Waals surface area contributed by atoms with Gasteiger partial charge in [0, 0.05) is 26.2 Å². The molecule has 7 nitrogen and oxygen atoms in total. The first-order chi connectivity index (χ1) is 10.7. The van der Waals surface area contributed by atoms with E-state index in [0.29, 0.717) is 12.2 Å². The third kappa shape index (κ3) is 6.66. The van der Waals surface area contributed by atoms with Crippen LogP contribution in [0.3, 0.4) is 0 Å². The van der Waals surface area contributed by atoms with E-state index >= 15 is 0 Å². The predicted octanol–water partition coefficient (Wildman–Crippen LogP) is -2.03. The second-order valence-corrected chi connectivity index (χ2v) is 8.11. The van der Waals surface area contributed by atoms with Crippen LogP contribution in [0.5, 0.6) is 0 Å². The van der Waals surface area contributed by atoms with Gasteiger partial charge in [0.15, 0.2) is 6.54 Å². The number of quaternary nitrogens is 2. The number of carbonyl (C=O) groups excluding carboxylic acids is 1. The topological polar surface area (TPSA) is 87.5 Å². The Balaban J connectivity index is 2.53. The molecule has 0 heterocycles. The normalized spacial score (nSPS) is 11.9. The maximum absolute atomic E-state index is 12.1. The van der Waals surface area contributed by atoms with Crippen molar-refractivity contribution >= 4 is 21.6 Å². The number of carbonyl (C=O) groups is 1. The van der Waals surface area contributed by atoms with E-state index < -0.39 is 10.0 Å². The summed E-state index contributed by atoms with van der Waals surface area (Å²) >= 11 is 0. The molecule has 0 aliphatic carbocycles. The summed E-state index contributed by atoms with van der Waals surface area (Å²) in [5.74, 6) is -0.137. The van der Waals surface area contributed by atoms with Gasteiger partial charge in [-0.15, -0.1) is 0 Å². The van der Waals surface area contributed by atoms with Gasteiger partial charge >= 0.3 is 0 Å². The maximum Gasteiger partial charge on any atom is 0.279 e. The van der Waals surface area contributed by atoms with Gasteiger partial charge < -0.3 is 15.5 Å². The van der Waals surface area contributed by atoms with Crippen molar-refractivity contribution in [2.24, 2.45) is 0 Å². The average molecular weight is 344 g/mol. The summed E-state index contributed by atoms with van der Waals surface area (Å²) in [7, 11) is 3.66. The minimum absolute atomic E-state index is 0.137. The quantitative estimate of drug-likeness (QED) is 0.452. The number of amides is 1. The Labute approximate surface area is 138 Å². The number of sulfonamides is 1. The first-order valence-corrected chi connectivity index (χ1v) is 9.10. The molecule has 1 aromatic carbocycles. The lowest BCUT2D eigenvalue weighted by Crippen LogP contribution is -3.06. The second-order valence-electron chi connectivity index (χ2n) is 5.96. The smallest absolute Gasteiger partial charge is 0.279 e. The summed E-state index contributed by atoms with van der Waals surface area (Å²) in [5, 5.41) is 4.69. The van der Waals surface area contributed by atoms with Gasteiger partial charge in [0.2, 0.25) is 10.0 Å². The van der Waals surface area contributed by atoms with Crippen molar-refractivity contribution in [3.05, 3.63) is 24.3 Å². The van der Waals surface area contributed by atoms with E-state index in [1.807, 2.05) is 5.32 Å². The molecule has 0 radical (unpaired) electrons. The Bertz CT molecular complexity index is 615. The number of hydrogen-bond acceptors (Lipinski definition) is 3. The Morgan fingerprint density at radius 2 is 2.00 bits per heavy atom. The van der Waals surface area contributed by atoms with E-state index in [9.17, 15) is 13.2 Å². The summed E-state index contributed by atoms with van der Waals surface area (Å²) in [6, 6.07) is 6.29. The van der Waals surface area contributed by atoms with Gasteiger partial charge in [-0.25, -0.2) is 12.7 Å². The summed E-state index contributed by atoms with van der Waals surface area (Å²) in [5.41, 5.74) is 0.490. The summed E-state index contributed by atoms with van der Waals surface area (Å²) in [4.78, 5) is 13.5. The monoisotopic (exact) mass is 344 g/mol. The highest BCUT2D eigenvalue weighted by atomic mass is 32.2. The SMILES string of the molecule is CN(C)S(=O)(=O)c1cccc(NC(=O)C[NH2+]CCC[NH+](C)C)c1. The predicted molar refractivity (Wildman–Crippen MR) is 89.9 cm³/mol. The highest BCUT2D eigenvalue weighted by molar-refractivity contribution is 7.89. The zero-order valence-corrected chi connectivity index (χ0v) is 15.1. The molecule has 0 saturated carbocycles. The van der Waals surface area contributed by atoms with Crippen molar-refractivity contribution in [2.45, 2.75) is 11.3 Å². The molecular formula is C15H28N4O3S+2. The molecule has 0 atom stereocenters. The van der Waals surface area contributed by atoms with E-state index in [1.165, 1.54) is 31.1 Å². The zero-order chi connectivity index (χ0) is 17.5. The van der Waals surface area contributed by atoms with Crippen LogP contribution in [0.1, 0.15) is 6.42 Å². The largest absolute Gasteiger partial charge is 0.340 e. The standard InChI is InChI=1S/C15H26N4O3S/c1-18(2)10-6-9-16-12-15(20)17-13-7-5-8-14(11-13)23(21,22)19(3)4/h5,7-8,11,16H,6,9-10,12H2,1-4H3,(H,17,20)/p+2. The Morgan fingerprint density at radius 3 is 2.61 bits per heavy atom. The molecule has 0 aromatic heterocycles. The third-order valence-corrected chi connectivity index (χ3v) is 5.12. The number of nitrogens with two attached hydrogens (primary N) is 1. The lowest BCUT2D eigenvalue weighted by molar-refractivity contribution is -0.860. The van der Waals surface area contributed by atoms with E-state index in [1.54, 1.807) is 12.1 Å². The molecule has 1 aromatic rings. The number of benzene rings is 1. The van der Waals surface area contributed by atoms with Crippen LogP contribution in [0.2, 0.25) is 0 Å².